The molecule has 2 aromatic carbocycles. The Bertz CT molecular complexity index is 882. The van der Waals surface area contributed by atoms with E-state index in [1.54, 1.807) is 14.2 Å². The van der Waals surface area contributed by atoms with Crippen molar-refractivity contribution in [2.75, 3.05) is 27.3 Å². The van der Waals surface area contributed by atoms with Crippen molar-refractivity contribution in [3.8, 4) is 11.5 Å². The maximum Gasteiger partial charge on any atom is 0.223 e. The van der Waals surface area contributed by atoms with Crippen molar-refractivity contribution in [1.82, 2.24) is 10.2 Å². The van der Waals surface area contributed by atoms with E-state index in [0.717, 1.165) is 29.5 Å². The number of fused-ring (bicyclic) bond motifs is 1. The number of hydrogen-bond acceptors (Lipinski definition) is 4. The van der Waals surface area contributed by atoms with Gasteiger partial charge in [0.25, 0.3) is 0 Å². The van der Waals surface area contributed by atoms with Crippen molar-refractivity contribution in [1.29, 1.82) is 0 Å². The molecule has 1 aliphatic rings. The third kappa shape index (κ3) is 4.75. The second-order valence-electron chi connectivity index (χ2n) is 7.41. The molecule has 0 bridgehead atoms. The molecule has 30 heavy (non-hydrogen) atoms. The van der Waals surface area contributed by atoms with E-state index in [4.69, 9.17) is 9.47 Å². The highest BCUT2D eigenvalue weighted by Gasteiger charge is 2.33. The van der Waals surface area contributed by atoms with Crippen molar-refractivity contribution in [3.05, 3.63) is 59.2 Å². The first-order chi connectivity index (χ1) is 14.6. The smallest absolute Gasteiger partial charge is 0.223 e. The van der Waals surface area contributed by atoms with Gasteiger partial charge in [-0.25, -0.2) is 0 Å². The molecule has 3 rings (SSSR count). The van der Waals surface area contributed by atoms with Crippen LogP contribution in [0.1, 0.15) is 48.9 Å². The molecule has 1 heterocycles. The van der Waals surface area contributed by atoms with Crippen LogP contribution in [0.2, 0.25) is 0 Å². The highest BCUT2D eigenvalue weighted by Crippen LogP contribution is 2.41. The molecule has 1 atom stereocenters. The SMILES string of the molecule is CCCNC(=O)CCC(=O)N1CCc2cc(OC)c(OC)cc2C1c1ccccc1. The van der Waals surface area contributed by atoms with Gasteiger partial charge in [0, 0.05) is 25.9 Å². The number of carbonyl (C=O) groups is 2. The summed E-state index contributed by atoms with van der Waals surface area (Å²) in [6.45, 7) is 3.24. The number of ether oxygens (including phenoxy) is 2. The molecular formula is C24H30N2O4. The fourth-order valence-electron chi connectivity index (χ4n) is 3.93. The van der Waals surface area contributed by atoms with Crippen LogP contribution in [-0.2, 0) is 16.0 Å². The molecule has 2 aromatic rings. The van der Waals surface area contributed by atoms with Crippen LogP contribution in [0, 0.1) is 0 Å². The number of nitrogens with zero attached hydrogens (tertiary/aromatic N) is 1. The summed E-state index contributed by atoms with van der Waals surface area (Å²) in [6.07, 6.45) is 2.01. The molecule has 0 saturated heterocycles. The molecule has 0 radical (unpaired) electrons. The van der Waals surface area contributed by atoms with E-state index in [-0.39, 0.29) is 30.7 Å². The van der Waals surface area contributed by atoms with Crippen LogP contribution < -0.4 is 14.8 Å². The summed E-state index contributed by atoms with van der Waals surface area (Å²) < 4.78 is 11.0. The van der Waals surface area contributed by atoms with Gasteiger partial charge in [0.05, 0.1) is 20.3 Å². The lowest BCUT2D eigenvalue weighted by Gasteiger charge is -2.38. The fourth-order valence-corrected chi connectivity index (χ4v) is 3.93. The monoisotopic (exact) mass is 410 g/mol. The Hall–Kier alpha value is -3.02. The molecular weight excluding hydrogens is 380 g/mol. The molecule has 0 fully saturated rings. The minimum Gasteiger partial charge on any atom is -0.493 e. The molecule has 1 unspecified atom stereocenters. The molecule has 6 nitrogen and oxygen atoms in total. The molecule has 0 aliphatic carbocycles. The molecule has 6 heteroatoms. The lowest BCUT2D eigenvalue weighted by molar-refractivity contribution is -0.135. The summed E-state index contributed by atoms with van der Waals surface area (Å²) in [4.78, 5) is 27.0. The Morgan fingerprint density at radius 3 is 2.43 bits per heavy atom. The molecule has 1 aliphatic heterocycles. The summed E-state index contributed by atoms with van der Waals surface area (Å²) in [5.41, 5.74) is 3.22. The van der Waals surface area contributed by atoms with Gasteiger partial charge >= 0.3 is 0 Å². The fraction of sp³-hybridized carbons (Fsp3) is 0.417. The Balaban J connectivity index is 1.91. The minimum absolute atomic E-state index is 0.0177. The van der Waals surface area contributed by atoms with Crippen molar-refractivity contribution in [3.63, 3.8) is 0 Å². The van der Waals surface area contributed by atoms with Crippen LogP contribution in [-0.4, -0.2) is 44.0 Å². The zero-order valence-electron chi connectivity index (χ0n) is 17.9. The van der Waals surface area contributed by atoms with Gasteiger partial charge in [-0.15, -0.1) is 0 Å². The van der Waals surface area contributed by atoms with Crippen molar-refractivity contribution < 1.29 is 19.1 Å². The summed E-state index contributed by atoms with van der Waals surface area (Å²) in [7, 11) is 3.24. The Morgan fingerprint density at radius 1 is 1.07 bits per heavy atom. The Kier molecular flexibility index (Phi) is 7.33. The zero-order chi connectivity index (χ0) is 21.5. The van der Waals surface area contributed by atoms with Crippen LogP contribution in [0.4, 0.5) is 0 Å². The third-order valence-electron chi connectivity index (χ3n) is 5.45. The second-order valence-corrected chi connectivity index (χ2v) is 7.41. The number of nitrogens with one attached hydrogen (secondary N) is 1. The van der Waals surface area contributed by atoms with E-state index in [0.29, 0.717) is 24.6 Å². The van der Waals surface area contributed by atoms with E-state index >= 15 is 0 Å². The first kappa shape index (κ1) is 21.7. The van der Waals surface area contributed by atoms with Gasteiger partial charge in [-0.2, -0.15) is 0 Å². The third-order valence-corrected chi connectivity index (χ3v) is 5.45. The van der Waals surface area contributed by atoms with Gasteiger partial charge in [0.2, 0.25) is 11.8 Å². The number of carbonyl (C=O) groups excluding carboxylic acids is 2. The lowest BCUT2D eigenvalue weighted by atomic mass is 9.87. The highest BCUT2D eigenvalue weighted by atomic mass is 16.5. The predicted molar refractivity (Wildman–Crippen MR) is 116 cm³/mol. The van der Waals surface area contributed by atoms with Crippen molar-refractivity contribution in [2.24, 2.45) is 0 Å². The van der Waals surface area contributed by atoms with E-state index in [1.165, 1.54) is 0 Å². The number of methoxy groups -OCH3 is 2. The average Bonchev–Trinajstić information content (AvgIpc) is 2.79. The maximum atomic E-state index is 13.1. The van der Waals surface area contributed by atoms with Gasteiger partial charge in [0.1, 0.15) is 0 Å². The van der Waals surface area contributed by atoms with Crippen LogP contribution in [0.25, 0.3) is 0 Å². The predicted octanol–water partition coefficient (Wildman–Crippen LogP) is 3.48. The summed E-state index contributed by atoms with van der Waals surface area (Å²) in [6, 6.07) is 13.7. The highest BCUT2D eigenvalue weighted by molar-refractivity contribution is 5.84. The summed E-state index contributed by atoms with van der Waals surface area (Å²) >= 11 is 0. The number of amides is 2. The second kappa shape index (κ2) is 10.1. The van der Waals surface area contributed by atoms with Gasteiger partial charge in [-0.3, -0.25) is 9.59 Å². The van der Waals surface area contributed by atoms with Crippen LogP contribution in [0.5, 0.6) is 11.5 Å². The number of benzene rings is 2. The normalized spacial score (nSPS) is 15.3. The minimum atomic E-state index is -0.221. The first-order valence-corrected chi connectivity index (χ1v) is 10.4. The Labute approximate surface area is 178 Å². The van der Waals surface area contributed by atoms with E-state index in [2.05, 4.69) is 5.32 Å². The number of hydrogen-bond donors (Lipinski definition) is 1. The maximum absolute atomic E-state index is 13.1. The van der Waals surface area contributed by atoms with Gasteiger partial charge in [-0.05, 0) is 41.7 Å². The van der Waals surface area contributed by atoms with Crippen LogP contribution >= 0.6 is 0 Å². The van der Waals surface area contributed by atoms with Gasteiger partial charge in [-0.1, -0.05) is 37.3 Å². The van der Waals surface area contributed by atoms with Crippen LogP contribution in [0.3, 0.4) is 0 Å². The molecule has 0 saturated carbocycles. The van der Waals surface area contributed by atoms with E-state index < -0.39 is 0 Å². The van der Waals surface area contributed by atoms with E-state index in [9.17, 15) is 9.59 Å². The zero-order valence-corrected chi connectivity index (χ0v) is 17.9. The molecule has 2 amide bonds. The number of rotatable bonds is 8. The van der Waals surface area contributed by atoms with E-state index in [1.807, 2.05) is 54.3 Å². The van der Waals surface area contributed by atoms with Crippen molar-refractivity contribution >= 4 is 11.8 Å². The first-order valence-electron chi connectivity index (χ1n) is 10.4. The molecule has 160 valence electrons. The average molecular weight is 411 g/mol. The lowest BCUT2D eigenvalue weighted by Crippen LogP contribution is -2.41. The Morgan fingerprint density at radius 2 is 1.77 bits per heavy atom. The largest absolute Gasteiger partial charge is 0.493 e. The standard InChI is InChI=1S/C24H30N2O4/c1-4-13-25-22(27)10-11-23(28)26-14-12-18-15-20(29-2)21(30-3)16-19(18)24(26)17-8-6-5-7-9-17/h5-9,15-16,24H,4,10-14H2,1-3H3,(H,25,27). The molecule has 0 aromatic heterocycles. The summed E-state index contributed by atoms with van der Waals surface area (Å²) in [5.74, 6) is 1.24. The van der Waals surface area contributed by atoms with Crippen LogP contribution in [0.15, 0.2) is 42.5 Å². The summed E-state index contributed by atoms with van der Waals surface area (Å²) in [5, 5.41) is 2.84. The molecule has 0 spiro atoms. The quantitative estimate of drug-likeness (QED) is 0.723. The topological polar surface area (TPSA) is 67.9 Å². The van der Waals surface area contributed by atoms with Gasteiger partial charge in [0.15, 0.2) is 11.5 Å². The van der Waals surface area contributed by atoms with Gasteiger partial charge < -0.3 is 19.7 Å². The molecule has 1 N–H and O–H groups in total. The van der Waals surface area contributed by atoms with Crippen molar-refractivity contribution in [2.45, 2.75) is 38.6 Å².